The van der Waals surface area contributed by atoms with Crippen LogP contribution in [0.1, 0.15) is 17.4 Å². The second-order valence-electron chi connectivity index (χ2n) is 2.93. The summed E-state index contributed by atoms with van der Waals surface area (Å²) in [5.41, 5.74) is 0.955. The predicted octanol–water partition coefficient (Wildman–Crippen LogP) is 3.70. The smallest absolute Gasteiger partial charge is 0.181 e. The molecule has 74 valence electrons. The number of aryl methyl sites for hydroxylation is 1. The standard InChI is InChI=1S/C10H10ClNOS/c1-2-8-3-4-9(14-8)10-7(5-11)6-12-13-10/h3-4,6H,2,5H2,1H3. The fraction of sp³-hybridized carbons (Fsp3) is 0.300. The molecule has 0 bridgehead atoms. The third-order valence-corrected chi connectivity index (χ3v) is 3.54. The van der Waals surface area contributed by atoms with E-state index in [-0.39, 0.29) is 0 Å². The molecule has 0 N–H and O–H groups in total. The lowest BCUT2D eigenvalue weighted by atomic mass is 10.2. The quantitative estimate of drug-likeness (QED) is 0.748. The Hall–Kier alpha value is -0.800. The van der Waals surface area contributed by atoms with Crippen molar-refractivity contribution in [2.45, 2.75) is 19.2 Å². The first kappa shape index (κ1) is 9.74. The van der Waals surface area contributed by atoms with Gasteiger partial charge in [-0.05, 0) is 18.6 Å². The van der Waals surface area contributed by atoms with E-state index in [0.29, 0.717) is 5.88 Å². The average molecular weight is 228 g/mol. The minimum Gasteiger partial charge on any atom is -0.355 e. The van der Waals surface area contributed by atoms with Gasteiger partial charge in [-0.15, -0.1) is 22.9 Å². The second-order valence-corrected chi connectivity index (χ2v) is 4.37. The Bertz CT molecular complexity index is 421. The van der Waals surface area contributed by atoms with E-state index in [1.54, 1.807) is 17.5 Å². The Morgan fingerprint density at radius 3 is 3.00 bits per heavy atom. The summed E-state index contributed by atoms with van der Waals surface area (Å²) in [7, 11) is 0. The average Bonchev–Trinajstić information content (AvgIpc) is 2.85. The Morgan fingerprint density at radius 1 is 1.50 bits per heavy atom. The number of hydrogen-bond donors (Lipinski definition) is 0. The van der Waals surface area contributed by atoms with Gasteiger partial charge in [0.1, 0.15) is 0 Å². The van der Waals surface area contributed by atoms with Gasteiger partial charge in [-0.3, -0.25) is 0 Å². The number of nitrogens with zero attached hydrogens (tertiary/aromatic N) is 1. The molecule has 4 heteroatoms. The van der Waals surface area contributed by atoms with Gasteiger partial charge in [0.05, 0.1) is 17.0 Å². The predicted molar refractivity (Wildman–Crippen MR) is 58.8 cm³/mol. The lowest BCUT2D eigenvalue weighted by Gasteiger charge is -1.92. The van der Waals surface area contributed by atoms with Crippen molar-refractivity contribution in [3.63, 3.8) is 0 Å². The van der Waals surface area contributed by atoms with Crippen LogP contribution in [0.5, 0.6) is 0 Å². The minimum atomic E-state index is 0.443. The molecule has 0 spiro atoms. The van der Waals surface area contributed by atoms with Crippen molar-refractivity contribution in [2.24, 2.45) is 0 Å². The minimum absolute atomic E-state index is 0.443. The summed E-state index contributed by atoms with van der Waals surface area (Å²) >= 11 is 7.50. The summed E-state index contributed by atoms with van der Waals surface area (Å²) < 4.78 is 5.18. The van der Waals surface area contributed by atoms with Crippen LogP contribution in [0.4, 0.5) is 0 Å². The van der Waals surface area contributed by atoms with E-state index in [9.17, 15) is 0 Å². The number of halogens is 1. The SMILES string of the molecule is CCc1ccc(-c2oncc2CCl)s1. The van der Waals surface area contributed by atoms with Crippen LogP contribution in [0.2, 0.25) is 0 Å². The van der Waals surface area contributed by atoms with Crippen LogP contribution >= 0.6 is 22.9 Å². The first-order valence-electron chi connectivity index (χ1n) is 4.43. The Balaban J connectivity index is 2.38. The maximum atomic E-state index is 5.77. The molecule has 2 nitrogen and oxygen atoms in total. The number of aromatic nitrogens is 1. The molecule has 14 heavy (non-hydrogen) atoms. The van der Waals surface area contributed by atoms with Crippen molar-refractivity contribution in [1.82, 2.24) is 5.16 Å². The van der Waals surface area contributed by atoms with Gasteiger partial charge in [-0.1, -0.05) is 12.1 Å². The van der Waals surface area contributed by atoms with Crippen LogP contribution in [-0.2, 0) is 12.3 Å². The van der Waals surface area contributed by atoms with Crippen molar-refractivity contribution in [2.75, 3.05) is 0 Å². The molecule has 0 saturated heterocycles. The van der Waals surface area contributed by atoms with Gasteiger partial charge in [0, 0.05) is 10.4 Å². The Kier molecular flexibility index (Phi) is 2.89. The monoisotopic (exact) mass is 227 g/mol. The molecule has 0 aliphatic rings. The lowest BCUT2D eigenvalue weighted by molar-refractivity contribution is 0.432. The maximum absolute atomic E-state index is 5.77. The summed E-state index contributed by atoms with van der Waals surface area (Å²) in [4.78, 5) is 2.45. The van der Waals surface area contributed by atoms with Crippen LogP contribution < -0.4 is 0 Å². The van der Waals surface area contributed by atoms with Gasteiger partial charge in [0.15, 0.2) is 5.76 Å². The van der Waals surface area contributed by atoms with E-state index in [1.807, 2.05) is 0 Å². The molecule has 2 heterocycles. The number of alkyl halides is 1. The maximum Gasteiger partial charge on any atom is 0.181 e. The van der Waals surface area contributed by atoms with Crippen LogP contribution in [0.3, 0.4) is 0 Å². The zero-order valence-corrected chi connectivity index (χ0v) is 9.36. The van der Waals surface area contributed by atoms with Gasteiger partial charge >= 0.3 is 0 Å². The summed E-state index contributed by atoms with van der Waals surface area (Å²) in [5.74, 6) is 1.25. The van der Waals surface area contributed by atoms with E-state index in [4.69, 9.17) is 16.1 Å². The van der Waals surface area contributed by atoms with E-state index >= 15 is 0 Å². The third kappa shape index (κ3) is 1.70. The Labute approximate surface area is 91.5 Å². The molecule has 0 fully saturated rings. The molecule has 2 aromatic heterocycles. The van der Waals surface area contributed by atoms with E-state index in [0.717, 1.165) is 22.6 Å². The largest absolute Gasteiger partial charge is 0.355 e. The van der Waals surface area contributed by atoms with Gasteiger partial charge in [-0.25, -0.2) is 0 Å². The van der Waals surface area contributed by atoms with Crippen molar-refractivity contribution < 1.29 is 4.52 Å². The molecule has 0 aliphatic carbocycles. The van der Waals surface area contributed by atoms with E-state index in [2.05, 4.69) is 24.2 Å². The molecule has 0 unspecified atom stereocenters. The van der Waals surface area contributed by atoms with E-state index in [1.165, 1.54) is 4.88 Å². The second kappa shape index (κ2) is 4.15. The van der Waals surface area contributed by atoms with Gasteiger partial charge in [0.2, 0.25) is 0 Å². The van der Waals surface area contributed by atoms with Crippen molar-refractivity contribution in [3.05, 3.63) is 28.8 Å². The molecule has 0 aliphatic heterocycles. The molecular formula is C10H10ClNOS. The van der Waals surface area contributed by atoms with Crippen molar-refractivity contribution in [1.29, 1.82) is 0 Å². The molecule has 0 saturated carbocycles. The molecule has 2 aromatic rings. The summed E-state index contributed by atoms with van der Waals surface area (Å²) in [6.45, 7) is 2.14. The van der Waals surface area contributed by atoms with Crippen LogP contribution in [-0.4, -0.2) is 5.16 Å². The number of rotatable bonds is 3. The van der Waals surface area contributed by atoms with Crippen LogP contribution in [0.15, 0.2) is 22.9 Å². The molecule has 2 rings (SSSR count). The van der Waals surface area contributed by atoms with Crippen LogP contribution in [0, 0.1) is 0 Å². The molecular weight excluding hydrogens is 218 g/mol. The summed E-state index contributed by atoms with van der Waals surface area (Å²) in [5, 5.41) is 3.75. The zero-order chi connectivity index (χ0) is 9.97. The molecule has 0 radical (unpaired) electrons. The van der Waals surface area contributed by atoms with Gasteiger partial charge in [0.25, 0.3) is 0 Å². The Morgan fingerprint density at radius 2 is 2.36 bits per heavy atom. The number of hydrogen-bond acceptors (Lipinski definition) is 3. The third-order valence-electron chi connectivity index (χ3n) is 2.02. The lowest BCUT2D eigenvalue weighted by Crippen LogP contribution is -1.75. The molecule has 0 atom stereocenters. The topological polar surface area (TPSA) is 26.0 Å². The van der Waals surface area contributed by atoms with Gasteiger partial charge in [-0.2, -0.15) is 0 Å². The fourth-order valence-corrected chi connectivity index (χ4v) is 2.40. The highest BCUT2D eigenvalue weighted by atomic mass is 35.5. The highest BCUT2D eigenvalue weighted by Crippen LogP contribution is 2.31. The summed E-state index contributed by atoms with van der Waals surface area (Å²) in [6.07, 6.45) is 2.72. The normalized spacial score (nSPS) is 10.7. The zero-order valence-electron chi connectivity index (χ0n) is 7.79. The van der Waals surface area contributed by atoms with E-state index < -0.39 is 0 Å². The van der Waals surface area contributed by atoms with Crippen LogP contribution in [0.25, 0.3) is 10.6 Å². The molecule has 0 amide bonds. The summed E-state index contributed by atoms with van der Waals surface area (Å²) in [6, 6.07) is 4.17. The molecule has 0 aromatic carbocycles. The number of thiophene rings is 1. The highest BCUT2D eigenvalue weighted by molar-refractivity contribution is 7.15. The fourth-order valence-electron chi connectivity index (χ4n) is 1.25. The first-order valence-corrected chi connectivity index (χ1v) is 5.78. The first-order chi connectivity index (χ1) is 6.85. The van der Waals surface area contributed by atoms with Crippen molar-refractivity contribution >= 4 is 22.9 Å². The highest BCUT2D eigenvalue weighted by Gasteiger charge is 2.11. The van der Waals surface area contributed by atoms with Gasteiger partial charge < -0.3 is 4.52 Å². The van der Waals surface area contributed by atoms with Crippen molar-refractivity contribution in [3.8, 4) is 10.6 Å².